The zero-order chi connectivity index (χ0) is 47.1. The number of aromatic nitrogens is 10. The Kier molecular flexibility index (Phi) is 16.6. The molecule has 0 atom stereocenters. The molecule has 3 aliphatic heterocycles. The summed E-state index contributed by atoms with van der Waals surface area (Å²) in [6.07, 6.45) is 3.41. The molecule has 9 rings (SSSR count). The number of anilines is 6. The van der Waals surface area contributed by atoms with Crippen molar-refractivity contribution < 1.29 is 0 Å². The summed E-state index contributed by atoms with van der Waals surface area (Å²) in [7, 11) is 0. The first-order valence-electron chi connectivity index (χ1n) is 21.4. The van der Waals surface area contributed by atoms with E-state index in [0.29, 0.717) is 30.7 Å². The van der Waals surface area contributed by atoms with E-state index in [-0.39, 0.29) is 0 Å². The minimum Gasteiger partial charge on any atom is -0.353 e. The summed E-state index contributed by atoms with van der Waals surface area (Å²) < 4.78 is 0. The third-order valence-corrected chi connectivity index (χ3v) is 13.2. The van der Waals surface area contributed by atoms with Crippen LogP contribution in [0.3, 0.4) is 0 Å². The average molecular weight is 1020 g/mol. The molecule has 16 nitrogen and oxygen atoms in total. The summed E-state index contributed by atoms with van der Waals surface area (Å²) in [4.78, 5) is 22.3. The van der Waals surface area contributed by atoms with E-state index in [0.717, 1.165) is 147 Å². The molecule has 0 bridgehead atoms. The fourth-order valence-electron chi connectivity index (χ4n) is 7.74. The molecule has 0 radical (unpaired) electrons. The van der Waals surface area contributed by atoms with Crippen LogP contribution >= 0.6 is 69.6 Å². The second kappa shape index (κ2) is 22.3. The lowest BCUT2D eigenvalue weighted by atomic mass is 10.2. The molecule has 0 N–H and O–H groups in total. The van der Waals surface area contributed by atoms with Gasteiger partial charge in [0.2, 0.25) is 0 Å². The number of pyridine rings is 2. The quantitative estimate of drug-likeness (QED) is 0.156. The Labute approximate surface area is 415 Å². The van der Waals surface area contributed by atoms with E-state index in [1.54, 1.807) is 12.4 Å². The lowest BCUT2D eigenvalue weighted by molar-refractivity contribution is 0.631. The van der Waals surface area contributed by atoms with Crippen LogP contribution in [0.1, 0.15) is 33.4 Å². The van der Waals surface area contributed by atoms with Crippen molar-refractivity contribution in [2.24, 2.45) is 0 Å². The Morgan fingerprint density at radius 1 is 0.333 bits per heavy atom. The van der Waals surface area contributed by atoms with E-state index in [1.165, 1.54) is 0 Å². The predicted molar refractivity (Wildman–Crippen MR) is 268 cm³/mol. The smallest absolute Gasteiger partial charge is 0.154 e. The van der Waals surface area contributed by atoms with Gasteiger partial charge in [-0.3, -0.25) is 0 Å². The fraction of sp³-hybridized carbons (Fsp3) is 0.409. The highest BCUT2D eigenvalue weighted by Gasteiger charge is 2.24. The summed E-state index contributed by atoms with van der Waals surface area (Å²) in [5.41, 5.74) is 6.12. The van der Waals surface area contributed by atoms with Crippen molar-refractivity contribution in [1.82, 2.24) is 50.8 Å². The average Bonchev–Trinajstić information content (AvgIpc) is 3.30. The van der Waals surface area contributed by atoms with Crippen LogP contribution in [0.15, 0.2) is 48.8 Å². The second-order valence-electron chi connectivity index (χ2n) is 16.2. The van der Waals surface area contributed by atoms with Crippen molar-refractivity contribution in [3.63, 3.8) is 0 Å². The van der Waals surface area contributed by atoms with Crippen molar-refractivity contribution in [2.45, 2.75) is 41.5 Å². The van der Waals surface area contributed by atoms with Gasteiger partial charge in [-0.05, 0) is 111 Å². The van der Waals surface area contributed by atoms with Crippen molar-refractivity contribution in [3.05, 3.63) is 113 Å². The highest BCUT2D eigenvalue weighted by atomic mass is 35.5. The van der Waals surface area contributed by atoms with E-state index in [9.17, 15) is 0 Å². The Hall–Kier alpha value is -4.84. The first kappa shape index (κ1) is 49.1. The van der Waals surface area contributed by atoms with Gasteiger partial charge in [0.05, 0.1) is 10.0 Å². The molecule has 9 heterocycles. The molecule has 3 fully saturated rings. The lowest BCUT2D eigenvalue weighted by Crippen LogP contribution is -2.47. The number of halogens is 6. The molecule has 6 aromatic heterocycles. The van der Waals surface area contributed by atoms with Crippen LogP contribution in [0.2, 0.25) is 30.7 Å². The number of piperazine rings is 3. The Balaban J connectivity index is 0.000000147. The Morgan fingerprint density at radius 2 is 0.712 bits per heavy atom. The Bertz CT molecular complexity index is 2500. The number of hydrogen-bond donors (Lipinski definition) is 0. The zero-order valence-electron chi connectivity index (χ0n) is 37.5. The van der Waals surface area contributed by atoms with Gasteiger partial charge in [0.25, 0.3) is 0 Å². The van der Waals surface area contributed by atoms with Crippen LogP contribution in [0.25, 0.3) is 0 Å². The van der Waals surface area contributed by atoms with Crippen molar-refractivity contribution in [2.75, 3.05) is 108 Å². The maximum atomic E-state index is 6.04. The van der Waals surface area contributed by atoms with Gasteiger partial charge in [0.15, 0.2) is 43.9 Å². The molecule has 0 amide bonds. The molecule has 3 saturated heterocycles. The van der Waals surface area contributed by atoms with E-state index < -0.39 is 0 Å². The molecule has 348 valence electrons. The highest BCUT2D eigenvalue weighted by molar-refractivity contribution is 6.31. The van der Waals surface area contributed by atoms with Crippen molar-refractivity contribution in [1.29, 1.82) is 0 Å². The maximum Gasteiger partial charge on any atom is 0.154 e. The monoisotopic (exact) mass is 1010 g/mol. The van der Waals surface area contributed by atoms with Gasteiger partial charge in [-0.15, -0.1) is 40.8 Å². The van der Waals surface area contributed by atoms with Gasteiger partial charge >= 0.3 is 0 Å². The molecule has 3 aliphatic rings. The molecular formula is C44H50Cl6N16. The maximum absolute atomic E-state index is 6.04. The fourth-order valence-corrected chi connectivity index (χ4v) is 8.65. The number of aryl methyl sites for hydroxylation is 6. The topological polar surface area (TPSA) is 148 Å². The third-order valence-electron chi connectivity index (χ3n) is 11.4. The predicted octanol–water partition coefficient (Wildman–Crippen LogP) is 8.76. The van der Waals surface area contributed by atoms with Crippen molar-refractivity contribution >= 4 is 105 Å². The summed E-state index contributed by atoms with van der Waals surface area (Å²) in [5.74, 6) is 5.51. The van der Waals surface area contributed by atoms with Crippen LogP contribution in [-0.4, -0.2) is 129 Å². The molecule has 22 heteroatoms. The number of nitrogens with zero attached hydrogens (tertiary/aromatic N) is 16. The first-order valence-corrected chi connectivity index (χ1v) is 23.6. The SMILES string of the molecule is Cc1cc(Cl)nnc1N1CCN(c2nnc(Cl)cc2C)CC1.Cc1cc(N2CCN(c3cc(C)c(Cl)nn3)CC2)ncc1Cl.Cc1cc(N2CCN(c3ncc(Cl)cc3C)CC2)nnc1Cl. The highest BCUT2D eigenvalue weighted by Crippen LogP contribution is 2.27. The summed E-state index contributed by atoms with van der Waals surface area (Å²) in [5, 5.41) is 35.8. The minimum absolute atomic E-state index is 0.423. The van der Waals surface area contributed by atoms with Gasteiger partial charge in [-0.25, -0.2) is 9.97 Å². The van der Waals surface area contributed by atoms with Crippen LogP contribution in [-0.2, 0) is 0 Å². The molecule has 6 aromatic rings. The van der Waals surface area contributed by atoms with Gasteiger partial charge in [-0.2, -0.15) is 0 Å². The molecule has 0 aromatic carbocycles. The van der Waals surface area contributed by atoms with E-state index in [4.69, 9.17) is 69.6 Å². The van der Waals surface area contributed by atoms with Crippen LogP contribution < -0.4 is 29.4 Å². The summed E-state index contributed by atoms with van der Waals surface area (Å²) in [6, 6.07) is 11.6. The normalized spacial score (nSPS) is 15.3. The minimum atomic E-state index is 0.423. The molecular weight excluding hydrogens is 965 g/mol. The first-order chi connectivity index (χ1) is 31.6. The van der Waals surface area contributed by atoms with Crippen LogP contribution in [0, 0.1) is 41.5 Å². The van der Waals surface area contributed by atoms with E-state index >= 15 is 0 Å². The van der Waals surface area contributed by atoms with E-state index in [1.807, 2.05) is 77.9 Å². The van der Waals surface area contributed by atoms with Gasteiger partial charge < -0.3 is 29.4 Å². The largest absolute Gasteiger partial charge is 0.353 e. The molecule has 0 aliphatic carbocycles. The van der Waals surface area contributed by atoms with E-state index in [2.05, 4.69) is 80.2 Å². The molecule has 0 spiro atoms. The number of rotatable bonds is 6. The standard InChI is InChI=1S/2C15H17Cl2N5.C14H16Cl2N6/c1-10-8-13(19-20-14(10)17)21-3-5-22(6-4-21)15-11(2)7-12(16)9-18-15;1-10-7-13(18-9-12(10)16)21-3-5-22(6-4-21)14-8-11(2)15(17)20-19-14;1-9-7-11(15)17-19-13(9)21-3-5-22(6-4-21)14-10(2)8-12(16)18-20-14/h2*7-9H,3-6H2,1-2H3;7-8H,3-6H2,1-2H3. The summed E-state index contributed by atoms with van der Waals surface area (Å²) >= 11 is 35.6. The van der Waals surface area contributed by atoms with Crippen molar-refractivity contribution in [3.8, 4) is 0 Å². The van der Waals surface area contributed by atoms with Gasteiger partial charge in [-0.1, -0.05) is 69.6 Å². The van der Waals surface area contributed by atoms with Gasteiger partial charge in [0, 0.05) is 90.9 Å². The lowest BCUT2D eigenvalue weighted by Gasteiger charge is -2.36. The number of hydrogen-bond acceptors (Lipinski definition) is 16. The van der Waals surface area contributed by atoms with Crippen LogP contribution in [0.5, 0.6) is 0 Å². The second-order valence-corrected chi connectivity index (χ2v) is 18.5. The van der Waals surface area contributed by atoms with Crippen LogP contribution in [0.4, 0.5) is 34.9 Å². The van der Waals surface area contributed by atoms with Gasteiger partial charge in [0.1, 0.15) is 11.6 Å². The zero-order valence-corrected chi connectivity index (χ0v) is 42.1. The third kappa shape index (κ3) is 12.4. The molecule has 0 unspecified atom stereocenters. The Morgan fingerprint density at radius 3 is 1.11 bits per heavy atom. The molecule has 66 heavy (non-hydrogen) atoms. The summed E-state index contributed by atoms with van der Waals surface area (Å²) in [6.45, 7) is 22.3. The molecule has 0 saturated carbocycles.